The Kier molecular flexibility index (Phi) is 3.79. The van der Waals surface area contributed by atoms with Crippen LogP contribution in [0.4, 0.5) is 4.39 Å². The maximum absolute atomic E-state index is 13.8. The fourth-order valence-corrected chi connectivity index (χ4v) is 3.25. The number of nitrogens with two attached hydrogens (primary N) is 1. The highest BCUT2D eigenvalue weighted by Gasteiger charge is 2.16. The molecule has 0 radical (unpaired) electrons. The molecule has 0 amide bonds. The number of rotatable bonds is 2. The molecule has 0 aliphatic rings. The highest BCUT2D eigenvalue weighted by atomic mass is 79.9. The Balaban J connectivity index is 2.41. The van der Waals surface area contributed by atoms with Gasteiger partial charge in [0.05, 0.1) is 10.5 Å². The van der Waals surface area contributed by atoms with Gasteiger partial charge in [0, 0.05) is 20.3 Å². The summed E-state index contributed by atoms with van der Waals surface area (Å²) < 4.78 is 15.2. The summed E-state index contributed by atoms with van der Waals surface area (Å²) in [5.41, 5.74) is 6.53. The van der Waals surface area contributed by atoms with Crippen LogP contribution < -0.4 is 5.73 Å². The van der Waals surface area contributed by atoms with Gasteiger partial charge in [-0.15, -0.1) is 11.3 Å². The summed E-state index contributed by atoms with van der Waals surface area (Å²) in [6.45, 7) is 0. The van der Waals surface area contributed by atoms with Crippen molar-refractivity contribution < 1.29 is 4.39 Å². The second-order valence-corrected chi connectivity index (χ2v) is 6.00. The fraction of sp³-hybridized carbons (Fsp3) is 0.0909. The van der Waals surface area contributed by atoms with Gasteiger partial charge in [-0.3, -0.25) is 0 Å². The molecular formula is C11H8Br2FNS. The van der Waals surface area contributed by atoms with Gasteiger partial charge in [-0.05, 0) is 44.0 Å². The van der Waals surface area contributed by atoms with Crippen molar-refractivity contribution in [1.82, 2.24) is 0 Å². The standard InChI is InChI=1S/C11H8Br2FNS/c12-6-4-9(16-5-6)11(15)7-2-1-3-8(13)10(7)14/h1-5,11H,15H2. The van der Waals surface area contributed by atoms with Crippen molar-refractivity contribution >= 4 is 43.2 Å². The van der Waals surface area contributed by atoms with Gasteiger partial charge in [0.15, 0.2) is 0 Å². The minimum Gasteiger partial charge on any atom is -0.320 e. The Morgan fingerprint density at radius 3 is 2.69 bits per heavy atom. The molecule has 1 aromatic heterocycles. The number of thiophene rings is 1. The molecule has 1 unspecified atom stereocenters. The van der Waals surface area contributed by atoms with Crippen LogP contribution in [0.2, 0.25) is 0 Å². The summed E-state index contributed by atoms with van der Waals surface area (Å²) in [7, 11) is 0. The monoisotopic (exact) mass is 363 g/mol. The smallest absolute Gasteiger partial charge is 0.142 e. The lowest BCUT2D eigenvalue weighted by molar-refractivity contribution is 0.594. The van der Waals surface area contributed by atoms with Crippen LogP contribution >= 0.6 is 43.2 Å². The topological polar surface area (TPSA) is 26.0 Å². The van der Waals surface area contributed by atoms with Gasteiger partial charge in [-0.25, -0.2) is 4.39 Å². The third kappa shape index (κ3) is 2.37. The summed E-state index contributed by atoms with van der Waals surface area (Å²) in [6, 6.07) is 6.64. The first-order valence-electron chi connectivity index (χ1n) is 4.53. The van der Waals surface area contributed by atoms with Crippen molar-refractivity contribution in [2.24, 2.45) is 5.73 Å². The highest BCUT2D eigenvalue weighted by molar-refractivity contribution is 9.10. The van der Waals surface area contributed by atoms with Crippen molar-refractivity contribution in [3.8, 4) is 0 Å². The van der Waals surface area contributed by atoms with Crippen LogP contribution in [0.5, 0.6) is 0 Å². The maximum Gasteiger partial charge on any atom is 0.142 e. The van der Waals surface area contributed by atoms with Gasteiger partial charge < -0.3 is 5.73 Å². The quantitative estimate of drug-likeness (QED) is 0.836. The van der Waals surface area contributed by atoms with Gasteiger partial charge >= 0.3 is 0 Å². The normalized spacial score (nSPS) is 12.8. The molecule has 0 aliphatic heterocycles. The molecule has 1 atom stereocenters. The van der Waals surface area contributed by atoms with Crippen molar-refractivity contribution in [3.63, 3.8) is 0 Å². The molecule has 0 fully saturated rings. The average Bonchev–Trinajstić information content (AvgIpc) is 2.68. The largest absolute Gasteiger partial charge is 0.320 e. The molecule has 5 heteroatoms. The molecule has 0 saturated carbocycles. The lowest BCUT2D eigenvalue weighted by Gasteiger charge is -2.11. The van der Waals surface area contributed by atoms with E-state index in [4.69, 9.17) is 5.73 Å². The van der Waals surface area contributed by atoms with Gasteiger partial charge in [-0.1, -0.05) is 12.1 Å². The Morgan fingerprint density at radius 1 is 1.31 bits per heavy atom. The molecule has 2 rings (SSSR count). The molecular weight excluding hydrogens is 357 g/mol. The summed E-state index contributed by atoms with van der Waals surface area (Å²) in [5.74, 6) is -0.292. The Morgan fingerprint density at radius 2 is 2.06 bits per heavy atom. The molecule has 0 aliphatic carbocycles. The first-order chi connectivity index (χ1) is 7.59. The molecule has 84 valence electrons. The van der Waals surface area contributed by atoms with E-state index in [0.29, 0.717) is 10.0 Å². The zero-order chi connectivity index (χ0) is 11.7. The van der Waals surface area contributed by atoms with Gasteiger partial charge in [0.2, 0.25) is 0 Å². The Hall–Kier alpha value is -0.230. The number of benzene rings is 1. The van der Waals surface area contributed by atoms with Gasteiger partial charge in [0.25, 0.3) is 0 Å². The van der Waals surface area contributed by atoms with Crippen molar-refractivity contribution in [2.45, 2.75) is 6.04 Å². The molecule has 1 heterocycles. The molecule has 2 N–H and O–H groups in total. The van der Waals surface area contributed by atoms with E-state index in [1.165, 1.54) is 11.3 Å². The van der Waals surface area contributed by atoms with E-state index in [1.54, 1.807) is 18.2 Å². The van der Waals surface area contributed by atoms with Crippen LogP contribution in [0.25, 0.3) is 0 Å². The van der Waals surface area contributed by atoms with Crippen LogP contribution in [-0.2, 0) is 0 Å². The molecule has 2 aromatic rings. The lowest BCUT2D eigenvalue weighted by Crippen LogP contribution is -2.12. The summed E-state index contributed by atoms with van der Waals surface area (Å²) in [6.07, 6.45) is 0. The van der Waals surface area contributed by atoms with Crippen LogP contribution in [0.3, 0.4) is 0 Å². The summed E-state index contributed by atoms with van der Waals surface area (Å²) in [4.78, 5) is 0.934. The third-order valence-electron chi connectivity index (χ3n) is 2.21. The molecule has 0 saturated heterocycles. The Labute approximate surface area is 114 Å². The van der Waals surface area contributed by atoms with Crippen LogP contribution in [0.1, 0.15) is 16.5 Å². The number of hydrogen-bond acceptors (Lipinski definition) is 2. The van der Waals surface area contributed by atoms with Crippen LogP contribution in [-0.4, -0.2) is 0 Å². The van der Waals surface area contributed by atoms with E-state index in [0.717, 1.165) is 9.35 Å². The lowest BCUT2D eigenvalue weighted by atomic mass is 10.1. The zero-order valence-corrected chi connectivity index (χ0v) is 12.1. The van der Waals surface area contributed by atoms with Crippen molar-refractivity contribution in [3.05, 3.63) is 54.8 Å². The van der Waals surface area contributed by atoms with E-state index in [1.807, 2.05) is 11.4 Å². The van der Waals surface area contributed by atoms with Crippen molar-refractivity contribution in [2.75, 3.05) is 0 Å². The molecule has 1 aromatic carbocycles. The number of hydrogen-bond donors (Lipinski definition) is 1. The average molecular weight is 365 g/mol. The fourth-order valence-electron chi connectivity index (χ4n) is 1.41. The molecule has 16 heavy (non-hydrogen) atoms. The zero-order valence-electron chi connectivity index (χ0n) is 8.08. The first kappa shape index (κ1) is 12.2. The highest BCUT2D eigenvalue weighted by Crippen LogP contribution is 2.31. The van der Waals surface area contributed by atoms with Crippen molar-refractivity contribution in [1.29, 1.82) is 0 Å². The number of halogens is 3. The van der Waals surface area contributed by atoms with Gasteiger partial charge in [-0.2, -0.15) is 0 Å². The molecule has 1 nitrogen and oxygen atoms in total. The predicted octanol–water partition coefficient (Wildman–Crippen LogP) is 4.46. The van der Waals surface area contributed by atoms with Crippen LogP contribution in [0, 0.1) is 5.82 Å². The summed E-state index contributed by atoms with van der Waals surface area (Å²) >= 11 is 8.03. The molecule has 0 bridgehead atoms. The van der Waals surface area contributed by atoms with Crippen LogP contribution in [0.15, 0.2) is 38.6 Å². The predicted molar refractivity (Wildman–Crippen MR) is 72.1 cm³/mol. The van der Waals surface area contributed by atoms with E-state index < -0.39 is 6.04 Å². The van der Waals surface area contributed by atoms with E-state index in [9.17, 15) is 4.39 Å². The Bertz CT molecular complexity index is 512. The first-order valence-corrected chi connectivity index (χ1v) is 6.99. The second kappa shape index (κ2) is 4.96. The van der Waals surface area contributed by atoms with E-state index in [2.05, 4.69) is 31.9 Å². The maximum atomic E-state index is 13.8. The summed E-state index contributed by atoms with van der Waals surface area (Å²) in [5, 5.41) is 1.94. The minimum absolute atomic E-state index is 0.292. The minimum atomic E-state index is -0.422. The van der Waals surface area contributed by atoms with E-state index in [-0.39, 0.29) is 5.82 Å². The SMILES string of the molecule is NC(c1cc(Br)cs1)c1cccc(Br)c1F. The third-order valence-corrected chi connectivity index (χ3v) is 4.60. The molecule has 0 spiro atoms. The van der Waals surface area contributed by atoms with Gasteiger partial charge in [0.1, 0.15) is 5.82 Å². The second-order valence-electron chi connectivity index (χ2n) is 3.29. The van der Waals surface area contributed by atoms with E-state index >= 15 is 0 Å².